The first-order chi connectivity index (χ1) is 21.8. The molecule has 0 bridgehead atoms. The quantitative estimate of drug-likeness (QED) is 0.217. The number of anilines is 1. The van der Waals surface area contributed by atoms with Crippen LogP contribution < -0.4 is 5.32 Å². The summed E-state index contributed by atoms with van der Waals surface area (Å²) in [5.41, 5.74) is 13.8. The number of hydrogen-bond acceptors (Lipinski definition) is 2. The van der Waals surface area contributed by atoms with E-state index in [2.05, 4.69) is 136 Å². The number of H-pyrrole nitrogens is 1. The van der Waals surface area contributed by atoms with Gasteiger partial charge in [0.25, 0.3) is 0 Å². The first-order valence-corrected chi connectivity index (χ1v) is 15.4. The molecule has 7 aromatic rings. The molecule has 4 heteroatoms. The maximum Gasteiger partial charge on any atom is 0.143 e. The van der Waals surface area contributed by atoms with Crippen LogP contribution in [-0.4, -0.2) is 9.78 Å². The molecule has 0 aliphatic heterocycles. The number of furan rings is 1. The Morgan fingerprint density at radius 3 is 2.57 bits per heavy atom. The van der Waals surface area contributed by atoms with Gasteiger partial charge in [-0.1, -0.05) is 91.0 Å². The molecule has 0 saturated carbocycles. The predicted molar refractivity (Wildman–Crippen MR) is 182 cm³/mol. The van der Waals surface area contributed by atoms with Crippen molar-refractivity contribution in [2.45, 2.75) is 19.3 Å². The summed E-state index contributed by atoms with van der Waals surface area (Å²) >= 11 is 0. The van der Waals surface area contributed by atoms with Gasteiger partial charge in [0.1, 0.15) is 11.2 Å². The number of rotatable bonds is 5. The molecule has 0 saturated heterocycles. The van der Waals surface area contributed by atoms with Crippen LogP contribution in [0.3, 0.4) is 0 Å². The molecule has 1 atom stereocenters. The first kappa shape index (κ1) is 25.1. The van der Waals surface area contributed by atoms with Crippen molar-refractivity contribution in [2.75, 3.05) is 5.32 Å². The van der Waals surface area contributed by atoms with Crippen LogP contribution in [-0.2, 0) is 0 Å². The van der Waals surface area contributed by atoms with Crippen molar-refractivity contribution in [2.24, 2.45) is 5.92 Å². The standard InChI is InChI=1S/C40H31N3O/c1-2-12-27-25-36(34(24-26(27)11-1)31-15-3-6-20-37(31)43-38-21-7-5-19-35(38)42-43)41-29-14-9-13-28(23-29)30-17-10-18-33-32-16-4-8-22-39(32)44-40(30)33/h2-10,12-23,25-26,41-42H,1,11,24H2. The molecule has 44 heavy (non-hydrogen) atoms. The third kappa shape index (κ3) is 4.06. The number of hydrogen-bond donors (Lipinski definition) is 2. The Hall–Kier alpha value is -5.48. The minimum Gasteiger partial charge on any atom is -0.455 e. The molecule has 1 unspecified atom stereocenters. The Kier molecular flexibility index (Phi) is 5.73. The topological polar surface area (TPSA) is 45.9 Å². The van der Waals surface area contributed by atoms with E-state index >= 15 is 0 Å². The fourth-order valence-electron chi connectivity index (χ4n) is 7.08. The van der Waals surface area contributed by atoms with Crippen LogP contribution in [0.25, 0.3) is 55.4 Å². The lowest BCUT2D eigenvalue weighted by Gasteiger charge is -2.31. The average Bonchev–Trinajstić information content (AvgIpc) is 3.44. The van der Waals surface area contributed by atoms with Crippen LogP contribution in [0.5, 0.6) is 0 Å². The molecule has 2 N–H and O–H groups in total. The lowest BCUT2D eigenvalue weighted by molar-refractivity contribution is 0.570. The zero-order valence-corrected chi connectivity index (χ0v) is 24.3. The largest absolute Gasteiger partial charge is 0.455 e. The van der Waals surface area contributed by atoms with Crippen molar-refractivity contribution in [3.8, 4) is 16.8 Å². The highest BCUT2D eigenvalue weighted by atomic mass is 16.3. The summed E-state index contributed by atoms with van der Waals surface area (Å²) in [7, 11) is 0. The maximum absolute atomic E-state index is 6.38. The molecule has 2 heterocycles. The summed E-state index contributed by atoms with van der Waals surface area (Å²) in [6.07, 6.45) is 10.3. The fraction of sp³-hybridized carbons (Fsp3) is 0.100. The van der Waals surface area contributed by atoms with E-state index in [0.717, 1.165) is 62.8 Å². The zero-order valence-electron chi connectivity index (χ0n) is 24.3. The molecule has 2 aliphatic rings. The van der Waals surface area contributed by atoms with Gasteiger partial charge in [-0.25, -0.2) is 0 Å². The Balaban J connectivity index is 1.16. The van der Waals surface area contributed by atoms with Crippen LogP contribution in [0.15, 0.2) is 149 Å². The van der Waals surface area contributed by atoms with E-state index < -0.39 is 0 Å². The second kappa shape index (κ2) is 10.1. The van der Waals surface area contributed by atoms with Gasteiger partial charge in [-0.15, -0.1) is 0 Å². The van der Waals surface area contributed by atoms with Crippen molar-refractivity contribution in [1.29, 1.82) is 0 Å². The van der Waals surface area contributed by atoms with Gasteiger partial charge >= 0.3 is 0 Å². The number of para-hydroxylation sites is 5. The van der Waals surface area contributed by atoms with Crippen LogP contribution in [0.2, 0.25) is 0 Å². The van der Waals surface area contributed by atoms with E-state index in [1.807, 2.05) is 12.1 Å². The van der Waals surface area contributed by atoms with Crippen molar-refractivity contribution in [3.63, 3.8) is 0 Å². The van der Waals surface area contributed by atoms with Gasteiger partial charge < -0.3 is 9.73 Å². The minimum absolute atomic E-state index is 0.530. The summed E-state index contributed by atoms with van der Waals surface area (Å²) in [6.45, 7) is 0. The predicted octanol–water partition coefficient (Wildman–Crippen LogP) is 10.6. The van der Waals surface area contributed by atoms with Crippen molar-refractivity contribution < 1.29 is 4.42 Å². The van der Waals surface area contributed by atoms with Gasteiger partial charge in [-0.05, 0) is 84.4 Å². The van der Waals surface area contributed by atoms with Gasteiger partial charge in [-0.3, -0.25) is 9.78 Å². The average molecular weight is 570 g/mol. The summed E-state index contributed by atoms with van der Waals surface area (Å²) < 4.78 is 8.59. The molecule has 2 aliphatic carbocycles. The van der Waals surface area contributed by atoms with Gasteiger partial charge in [0.2, 0.25) is 0 Å². The Morgan fingerprint density at radius 2 is 1.59 bits per heavy atom. The van der Waals surface area contributed by atoms with Gasteiger partial charge in [0, 0.05) is 33.3 Å². The maximum atomic E-state index is 6.38. The van der Waals surface area contributed by atoms with Gasteiger partial charge in [-0.2, -0.15) is 0 Å². The highest BCUT2D eigenvalue weighted by molar-refractivity contribution is 6.09. The van der Waals surface area contributed by atoms with Crippen LogP contribution in [0, 0.1) is 5.92 Å². The number of aromatic amines is 1. The second-order valence-electron chi connectivity index (χ2n) is 11.9. The van der Waals surface area contributed by atoms with Gasteiger partial charge in [0.05, 0.1) is 16.7 Å². The van der Waals surface area contributed by atoms with Crippen molar-refractivity contribution >= 4 is 44.2 Å². The lowest BCUT2D eigenvalue weighted by atomic mass is 9.78. The van der Waals surface area contributed by atoms with E-state index in [0.29, 0.717) is 5.92 Å². The Bertz CT molecular complexity index is 2300. The molecular weight excluding hydrogens is 538 g/mol. The third-order valence-electron chi connectivity index (χ3n) is 9.25. The molecule has 0 amide bonds. The molecule has 2 aromatic heterocycles. The van der Waals surface area contributed by atoms with Crippen molar-refractivity contribution in [1.82, 2.24) is 9.78 Å². The summed E-state index contributed by atoms with van der Waals surface area (Å²) in [6, 6.07) is 40.7. The van der Waals surface area contributed by atoms with Crippen LogP contribution in [0.1, 0.15) is 24.8 Å². The molecule has 4 nitrogen and oxygen atoms in total. The van der Waals surface area contributed by atoms with E-state index in [1.165, 1.54) is 34.3 Å². The van der Waals surface area contributed by atoms with E-state index in [9.17, 15) is 0 Å². The minimum atomic E-state index is 0.530. The normalized spacial score (nSPS) is 16.5. The molecule has 0 spiro atoms. The highest BCUT2D eigenvalue weighted by Gasteiger charge is 2.26. The van der Waals surface area contributed by atoms with Crippen LogP contribution in [0.4, 0.5) is 5.69 Å². The smallest absolute Gasteiger partial charge is 0.143 e. The number of allylic oxidation sites excluding steroid dienone is 5. The molecule has 0 fully saturated rings. The number of benzene rings is 5. The van der Waals surface area contributed by atoms with E-state index in [4.69, 9.17) is 4.42 Å². The molecule has 9 rings (SSSR count). The second-order valence-corrected chi connectivity index (χ2v) is 11.9. The lowest BCUT2D eigenvalue weighted by Crippen LogP contribution is -2.17. The summed E-state index contributed by atoms with van der Waals surface area (Å²) in [4.78, 5) is 0. The SMILES string of the molecule is C1=CC2=CC(Nc3cccc(-c4cccc5c4oc4ccccc45)c3)=C(c3ccccc3-n3[nH]c4ccccc43)CC2CC1. The molecular formula is C40H31N3O. The molecule has 0 radical (unpaired) electrons. The number of nitrogens with one attached hydrogen (secondary N) is 2. The first-order valence-electron chi connectivity index (χ1n) is 15.4. The van der Waals surface area contributed by atoms with E-state index in [-0.39, 0.29) is 0 Å². The Morgan fingerprint density at radius 1 is 0.773 bits per heavy atom. The molecule has 212 valence electrons. The Labute approximate surface area is 255 Å². The third-order valence-corrected chi connectivity index (χ3v) is 9.25. The van der Waals surface area contributed by atoms with Crippen LogP contribution >= 0.6 is 0 Å². The molecule has 5 aromatic carbocycles. The summed E-state index contributed by atoms with van der Waals surface area (Å²) in [5, 5.41) is 9.71. The monoisotopic (exact) mass is 569 g/mol. The van der Waals surface area contributed by atoms with Gasteiger partial charge in [0.15, 0.2) is 0 Å². The number of fused-ring (bicyclic) bond motifs is 5. The van der Waals surface area contributed by atoms with Crippen molar-refractivity contribution in [3.05, 3.63) is 150 Å². The highest BCUT2D eigenvalue weighted by Crippen LogP contribution is 2.43. The fourth-order valence-corrected chi connectivity index (χ4v) is 7.08. The number of nitrogens with zero attached hydrogens (tertiary/aromatic N) is 1. The number of aromatic nitrogens is 2. The zero-order chi connectivity index (χ0) is 29.0. The van der Waals surface area contributed by atoms with E-state index in [1.54, 1.807) is 0 Å². The summed E-state index contributed by atoms with van der Waals surface area (Å²) in [5.74, 6) is 0.530.